The standard InChI is InChI=1S/C20H15N5O4/c1-28-14-7-5-11(6-8-14)16-15(10-21)19(22)29-20-17(16)18(23-24-20)12-3-2-4-13(9-12)25(26)27/h2-9,16H,22H2,1H3,(H,23,24). The van der Waals surface area contributed by atoms with Crippen LogP contribution >= 0.6 is 0 Å². The monoisotopic (exact) mass is 389 g/mol. The van der Waals surface area contributed by atoms with E-state index < -0.39 is 10.8 Å². The summed E-state index contributed by atoms with van der Waals surface area (Å²) in [6, 6.07) is 15.5. The van der Waals surface area contributed by atoms with Crippen LogP contribution in [0, 0.1) is 21.4 Å². The summed E-state index contributed by atoms with van der Waals surface area (Å²) in [4.78, 5) is 10.7. The van der Waals surface area contributed by atoms with Crippen molar-refractivity contribution >= 4 is 5.69 Å². The molecule has 4 rings (SSSR count). The molecule has 1 aliphatic heterocycles. The van der Waals surface area contributed by atoms with Crippen molar-refractivity contribution in [3.05, 3.63) is 81.2 Å². The number of non-ortho nitro benzene ring substituents is 1. The van der Waals surface area contributed by atoms with E-state index in [1.807, 2.05) is 12.1 Å². The van der Waals surface area contributed by atoms with Gasteiger partial charge in [-0.3, -0.25) is 15.2 Å². The minimum absolute atomic E-state index is 0.0297. The molecule has 0 amide bonds. The predicted molar refractivity (Wildman–Crippen MR) is 103 cm³/mol. The van der Waals surface area contributed by atoms with Gasteiger partial charge < -0.3 is 15.2 Å². The molecule has 9 heteroatoms. The maximum atomic E-state index is 11.2. The number of allylic oxidation sites excluding steroid dienone is 1. The number of nitrogens with two attached hydrogens (primary N) is 1. The Balaban J connectivity index is 1.91. The summed E-state index contributed by atoms with van der Waals surface area (Å²) in [6.07, 6.45) is 0. The van der Waals surface area contributed by atoms with Gasteiger partial charge in [0, 0.05) is 17.7 Å². The summed E-state index contributed by atoms with van der Waals surface area (Å²) in [5.74, 6) is 0.312. The summed E-state index contributed by atoms with van der Waals surface area (Å²) < 4.78 is 10.8. The molecule has 0 saturated heterocycles. The average molecular weight is 389 g/mol. The molecule has 3 aromatic rings. The molecule has 0 spiro atoms. The number of aromatic nitrogens is 2. The molecule has 2 aromatic carbocycles. The number of fused-ring (bicyclic) bond motifs is 1. The van der Waals surface area contributed by atoms with E-state index in [4.69, 9.17) is 15.2 Å². The quantitative estimate of drug-likeness (QED) is 0.515. The van der Waals surface area contributed by atoms with E-state index in [0.29, 0.717) is 22.6 Å². The van der Waals surface area contributed by atoms with E-state index >= 15 is 0 Å². The summed E-state index contributed by atoms with van der Waals surface area (Å²) in [7, 11) is 1.57. The first-order chi connectivity index (χ1) is 14.0. The lowest BCUT2D eigenvalue weighted by Crippen LogP contribution is -2.21. The smallest absolute Gasteiger partial charge is 0.270 e. The fourth-order valence-corrected chi connectivity index (χ4v) is 3.37. The van der Waals surface area contributed by atoms with Crippen molar-refractivity contribution in [2.24, 2.45) is 5.73 Å². The van der Waals surface area contributed by atoms with E-state index in [0.717, 1.165) is 5.56 Å². The van der Waals surface area contributed by atoms with E-state index in [1.165, 1.54) is 12.1 Å². The van der Waals surface area contributed by atoms with Gasteiger partial charge in [0.25, 0.3) is 5.69 Å². The predicted octanol–water partition coefficient (Wildman–Crippen LogP) is 3.21. The van der Waals surface area contributed by atoms with Gasteiger partial charge in [0.2, 0.25) is 11.8 Å². The normalized spacial score (nSPS) is 15.2. The highest BCUT2D eigenvalue weighted by atomic mass is 16.6. The number of nitrogens with zero attached hydrogens (tertiary/aromatic N) is 3. The van der Waals surface area contributed by atoms with Crippen molar-refractivity contribution in [3.8, 4) is 29.0 Å². The fraction of sp³-hybridized carbons (Fsp3) is 0.100. The number of aromatic amines is 1. The molecule has 144 valence electrons. The Kier molecular flexibility index (Phi) is 4.37. The molecule has 0 saturated carbocycles. The zero-order chi connectivity index (χ0) is 20.5. The lowest BCUT2D eigenvalue weighted by molar-refractivity contribution is -0.384. The number of ether oxygens (including phenoxy) is 2. The third-order valence-corrected chi connectivity index (χ3v) is 4.73. The van der Waals surface area contributed by atoms with Gasteiger partial charge in [-0.1, -0.05) is 24.3 Å². The van der Waals surface area contributed by atoms with E-state index in [-0.39, 0.29) is 23.0 Å². The molecule has 0 radical (unpaired) electrons. The lowest BCUT2D eigenvalue weighted by Gasteiger charge is -2.24. The number of nitrogens with one attached hydrogen (secondary N) is 1. The number of nitriles is 1. The Morgan fingerprint density at radius 1 is 1.31 bits per heavy atom. The van der Waals surface area contributed by atoms with Crippen molar-refractivity contribution in [1.29, 1.82) is 5.26 Å². The Hall–Kier alpha value is -4.32. The molecule has 1 aromatic heterocycles. The van der Waals surface area contributed by atoms with Crippen molar-refractivity contribution in [2.75, 3.05) is 7.11 Å². The molecule has 1 atom stereocenters. The van der Waals surface area contributed by atoms with Crippen LogP contribution in [0.25, 0.3) is 11.3 Å². The second-order valence-corrected chi connectivity index (χ2v) is 6.32. The van der Waals surface area contributed by atoms with Crippen LogP contribution < -0.4 is 15.2 Å². The SMILES string of the molecule is COc1ccc(C2C(C#N)=C(N)Oc3n[nH]c(-c4cccc([N+](=O)[O-])c4)c32)cc1. The fourth-order valence-electron chi connectivity index (χ4n) is 3.37. The summed E-state index contributed by atoms with van der Waals surface area (Å²) in [5.41, 5.74) is 8.58. The van der Waals surface area contributed by atoms with Crippen molar-refractivity contribution in [2.45, 2.75) is 5.92 Å². The van der Waals surface area contributed by atoms with Crippen molar-refractivity contribution in [3.63, 3.8) is 0 Å². The second kappa shape index (κ2) is 7.01. The third kappa shape index (κ3) is 3.02. The van der Waals surface area contributed by atoms with Gasteiger partial charge in [-0.05, 0) is 17.7 Å². The maximum Gasteiger partial charge on any atom is 0.270 e. The number of methoxy groups -OCH3 is 1. The number of hydrogen-bond donors (Lipinski definition) is 2. The Bertz CT molecular complexity index is 1170. The van der Waals surface area contributed by atoms with Crippen molar-refractivity contribution in [1.82, 2.24) is 10.2 Å². The zero-order valence-electron chi connectivity index (χ0n) is 15.2. The summed E-state index contributed by atoms with van der Waals surface area (Å²) >= 11 is 0. The third-order valence-electron chi connectivity index (χ3n) is 4.73. The van der Waals surface area contributed by atoms with Gasteiger partial charge in [0.15, 0.2) is 0 Å². The summed E-state index contributed by atoms with van der Waals surface area (Å²) in [6.45, 7) is 0. The number of benzene rings is 2. The minimum Gasteiger partial charge on any atom is -0.497 e. The van der Waals surface area contributed by atoms with E-state index in [2.05, 4.69) is 16.3 Å². The van der Waals surface area contributed by atoms with Crippen LogP contribution in [0.5, 0.6) is 11.6 Å². The van der Waals surface area contributed by atoms with Crippen LogP contribution in [-0.2, 0) is 0 Å². The van der Waals surface area contributed by atoms with Gasteiger partial charge >= 0.3 is 0 Å². The number of rotatable bonds is 4. The Labute approximate surface area is 165 Å². The van der Waals surface area contributed by atoms with Gasteiger partial charge in [-0.25, -0.2) is 0 Å². The van der Waals surface area contributed by atoms with Gasteiger partial charge in [-0.15, -0.1) is 5.10 Å². The molecule has 1 unspecified atom stereocenters. The van der Waals surface area contributed by atoms with Gasteiger partial charge in [0.05, 0.1) is 29.2 Å². The number of hydrogen-bond acceptors (Lipinski definition) is 7. The molecule has 0 aliphatic carbocycles. The molecule has 1 aliphatic rings. The van der Waals surface area contributed by atoms with E-state index in [1.54, 1.807) is 31.4 Å². The van der Waals surface area contributed by atoms with Crippen LogP contribution in [-0.4, -0.2) is 22.2 Å². The molecule has 29 heavy (non-hydrogen) atoms. The molecular weight excluding hydrogens is 374 g/mol. The Morgan fingerprint density at radius 3 is 2.72 bits per heavy atom. The van der Waals surface area contributed by atoms with Gasteiger partial charge in [0.1, 0.15) is 17.4 Å². The first-order valence-corrected chi connectivity index (χ1v) is 8.58. The highest BCUT2D eigenvalue weighted by Crippen LogP contribution is 2.46. The molecule has 0 fully saturated rings. The average Bonchev–Trinajstić information content (AvgIpc) is 3.16. The molecule has 9 nitrogen and oxygen atoms in total. The molecule has 0 bridgehead atoms. The lowest BCUT2D eigenvalue weighted by atomic mass is 9.83. The largest absolute Gasteiger partial charge is 0.497 e. The van der Waals surface area contributed by atoms with Crippen LogP contribution in [0.4, 0.5) is 5.69 Å². The highest BCUT2D eigenvalue weighted by Gasteiger charge is 2.35. The topological polar surface area (TPSA) is 140 Å². The highest BCUT2D eigenvalue weighted by molar-refractivity contribution is 5.72. The minimum atomic E-state index is -0.553. The molecule has 2 heterocycles. The number of H-pyrrole nitrogens is 1. The van der Waals surface area contributed by atoms with Crippen LogP contribution in [0.15, 0.2) is 60.0 Å². The first-order valence-electron chi connectivity index (χ1n) is 8.58. The van der Waals surface area contributed by atoms with Crippen LogP contribution in [0.3, 0.4) is 0 Å². The Morgan fingerprint density at radius 2 is 2.07 bits per heavy atom. The molecule has 3 N–H and O–H groups in total. The number of nitro benzene ring substituents is 1. The van der Waals surface area contributed by atoms with Crippen molar-refractivity contribution < 1.29 is 14.4 Å². The zero-order valence-corrected chi connectivity index (χ0v) is 15.2. The summed E-state index contributed by atoms with van der Waals surface area (Å²) in [5, 5.41) is 27.9. The molecular formula is C20H15N5O4. The van der Waals surface area contributed by atoms with Crippen LogP contribution in [0.2, 0.25) is 0 Å². The maximum absolute atomic E-state index is 11.2. The number of nitro groups is 1. The second-order valence-electron chi connectivity index (χ2n) is 6.32. The first kappa shape index (κ1) is 18.1. The van der Waals surface area contributed by atoms with Gasteiger partial charge in [-0.2, -0.15) is 5.26 Å². The van der Waals surface area contributed by atoms with Crippen LogP contribution in [0.1, 0.15) is 17.0 Å². The van der Waals surface area contributed by atoms with E-state index in [9.17, 15) is 15.4 Å².